The van der Waals surface area contributed by atoms with Gasteiger partial charge in [-0.1, -0.05) is 0 Å². The second kappa shape index (κ2) is 3.14. The highest BCUT2D eigenvalue weighted by molar-refractivity contribution is 5.02. The lowest BCUT2D eigenvalue weighted by Gasteiger charge is -2.37. The Labute approximate surface area is 79.4 Å². The smallest absolute Gasteiger partial charge is 0.0949 e. The first-order chi connectivity index (χ1) is 6.18. The van der Waals surface area contributed by atoms with Crippen molar-refractivity contribution in [3.8, 4) is 0 Å². The maximum atomic E-state index is 4.17. The summed E-state index contributed by atoms with van der Waals surface area (Å²) in [5.74, 6) is 0. The molecule has 0 aliphatic carbocycles. The van der Waals surface area contributed by atoms with Gasteiger partial charge in [0.1, 0.15) is 0 Å². The van der Waals surface area contributed by atoms with Gasteiger partial charge in [-0.15, -0.1) is 0 Å². The maximum Gasteiger partial charge on any atom is 0.0949 e. The lowest BCUT2D eigenvalue weighted by molar-refractivity contribution is 0.115. The lowest BCUT2D eigenvalue weighted by atomic mass is 10.1. The SMILES string of the molecule is CC(C)N1Cc2cncn2C[C@@H]1C. The van der Waals surface area contributed by atoms with Crippen molar-refractivity contribution < 1.29 is 0 Å². The largest absolute Gasteiger partial charge is 0.332 e. The minimum atomic E-state index is 0.624. The number of fused-ring (bicyclic) bond motifs is 1. The van der Waals surface area contributed by atoms with E-state index in [1.165, 1.54) is 5.69 Å². The van der Waals surface area contributed by atoms with E-state index in [2.05, 4.69) is 35.2 Å². The molecule has 13 heavy (non-hydrogen) atoms. The second-order valence-corrected chi connectivity index (χ2v) is 4.15. The van der Waals surface area contributed by atoms with Gasteiger partial charge in [0.2, 0.25) is 0 Å². The minimum absolute atomic E-state index is 0.624. The van der Waals surface area contributed by atoms with E-state index in [0.717, 1.165) is 13.1 Å². The van der Waals surface area contributed by atoms with Crippen LogP contribution in [0.4, 0.5) is 0 Å². The van der Waals surface area contributed by atoms with Gasteiger partial charge < -0.3 is 4.57 Å². The van der Waals surface area contributed by atoms with E-state index in [9.17, 15) is 0 Å². The number of imidazole rings is 1. The van der Waals surface area contributed by atoms with Crippen LogP contribution in [0.25, 0.3) is 0 Å². The van der Waals surface area contributed by atoms with E-state index < -0.39 is 0 Å². The van der Waals surface area contributed by atoms with E-state index >= 15 is 0 Å². The summed E-state index contributed by atoms with van der Waals surface area (Å²) in [4.78, 5) is 6.68. The van der Waals surface area contributed by atoms with Crippen molar-refractivity contribution in [3.63, 3.8) is 0 Å². The first-order valence-corrected chi connectivity index (χ1v) is 4.93. The topological polar surface area (TPSA) is 21.1 Å². The van der Waals surface area contributed by atoms with Crippen LogP contribution in [0.1, 0.15) is 26.5 Å². The molecule has 0 N–H and O–H groups in total. The van der Waals surface area contributed by atoms with Gasteiger partial charge in [0.05, 0.1) is 12.0 Å². The van der Waals surface area contributed by atoms with E-state index in [1.807, 2.05) is 12.5 Å². The fourth-order valence-corrected chi connectivity index (χ4v) is 2.07. The number of hydrogen-bond acceptors (Lipinski definition) is 2. The molecule has 0 spiro atoms. The molecule has 1 aromatic rings. The van der Waals surface area contributed by atoms with Crippen LogP contribution in [0.2, 0.25) is 0 Å². The average Bonchev–Trinajstić information content (AvgIpc) is 2.48. The van der Waals surface area contributed by atoms with Crippen molar-refractivity contribution in [3.05, 3.63) is 18.2 Å². The quantitative estimate of drug-likeness (QED) is 0.651. The molecule has 3 heteroatoms. The van der Waals surface area contributed by atoms with Gasteiger partial charge in [0.25, 0.3) is 0 Å². The van der Waals surface area contributed by atoms with Crippen LogP contribution < -0.4 is 0 Å². The molecule has 0 radical (unpaired) electrons. The lowest BCUT2D eigenvalue weighted by Crippen LogP contribution is -2.44. The summed E-state index contributed by atoms with van der Waals surface area (Å²) >= 11 is 0. The van der Waals surface area contributed by atoms with Gasteiger partial charge in [-0.25, -0.2) is 4.98 Å². The van der Waals surface area contributed by atoms with Crippen LogP contribution in [0.3, 0.4) is 0 Å². The zero-order valence-corrected chi connectivity index (χ0v) is 8.57. The van der Waals surface area contributed by atoms with Crippen molar-refractivity contribution in [1.29, 1.82) is 0 Å². The van der Waals surface area contributed by atoms with Crippen molar-refractivity contribution >= 4 is 0 Å². The molecule has 0 bridgehead atoms. The van der Waals surface area contributed by atoms with Crippen molar-refractivity contribution in [2.75, 3.05) is 0 Å². The third kappa shape index (κ3) is 1.48. The molecule has 0 saturated carbocycles. The highest BCUT2D eigenvalue weighted by Gasteiger charge is 2.24. The summed E-state index contributed by atoms with van der Waals surface area (Å²) in [5.41, 5.74) is 1.34. The minimum Gasteiger partial charge on any atom is -0.332 e. The van der Waals surface area contributed by atoms with Crippen molar-refractivity contribution in [2.45, 2.75) is 45.9 Å². The third-order valence-corrected chi connectivity index (χ3v) is 2.83. The first-order valence-electron chi connectivity index (χ1n) is 4.93. The summed E-state index contributed by atoms with van der Waals surface area (Å²) in [6.07, 6.45) is 3.91. The standard InChI is InChI=1S/C10H17N3/c1-8(2)13-6-10-4-11-7-12(10)5-9(13)3/h4,7-9H,5-6H2,1-3H3/t9-/m0/s1. The van der Waals surface area contributed by atoms with Crippen LogP contribution in [0.15, 0.2) is 12.5 Å². The molecule has 1 aromatic heterocycles. The molecule has 0 unspecified atom stereocenters. The van der Waals surface area contributed by atoms with Gasteiger partial charge in [-0.3, -0.25) is 4.90 Å². The van der Waals surface area contributed by atoms with E-state index in [4.69, 9.17) is 0 Å². The van der Waals surface area contributed by atoms with Gasteiger partial charge in [0, 0.05) is 31.4 Å². The molecule has 3 nitrogen and oxygen atoms in total. The molecule has 72 valence electrons. The van der Waals surface area contributed by atoms with Crippen molar-refractivity contribution in [1.82, 2.24) is 14.5 Å². The zero-order chi connectivity index (χ0) is 9.42. The van der Waals surface area contributed by atoms with Gasteiger partial charge in [-0.2, -0.15) is 0 Å². The maximum absolute atomic E-state index is 4.17. The van der Waals surface area contributed by atoms with Gasteiger partial charge in [0.15, 0.2) is 0 Å². The van der Waals surface area contributed by atoms with Gasteiger partial charge in [-0.05, 0) is 20.8 Å². The normalized spacial score (nSPS) is 23.5. The Kier molecular flexibility index (Phi) is 2.12. The van der Waals surface area contributed by atoms with E-state index in [1.54, 1.807) is 0 Å². The molecule has 0 amide bonds. The zero-order valence-electron chi connectivity index (χ0n) is 8.57. The Morgan fingerprint density at radius 3 is 3.00 bits per heavy atom. The summed E-state index contributed by atoms with van der Waals surface area (Å²) in [7, 11) is 0. The molecule has 1 atom stereocenters. The number of nitrogens with zero attached hydrogens (tertiary/aromatic N) is 3. The van der Waals surface area contributed by atoms with E-state index in [-0.39, 0.29) is 0 Å². The average molecular weight is 179 g/mol. The highest BCUT2D eigenvalue weighted by atomic mass is 15.3. The Hall–Kier alpha value is -0.830. The predicted molar refractivity (Wildman–Crippen MR) is 52.4 cm³/mol. The molecular formula is C10H17N3. The highest BCUT2D eigenvalue weighted by Crippen LogP contribution is 2.18. The van der Waals surface area contributed by atoms with Crippen LogP contribution in [-0.2, 0) is 13.1 Å². The van der Waals surface area contributed by atoms with Crippen LogP contribution in [-0.4, -0.2) is 26.5 Å². The summed E-state index contributed by atoms with van der Waals surface area (Å²) < 4.78 is 2.25. The molecule has 0 fully saturated rings. The molecule has 2 heterocycles. The fourth-order valence-electron chi connectivity index (χ4n) is 2.07. The second-order valence-electron chi connectivity index (χ2n) is 4.15. The van der Waals surface area contributed by atoms with Crippen LogP contribution in [0.5, 0.6) is 0 Å². The number of hydrogen-bond donors (Lipinski definition) is 0. The molecule has 2 rings (SSSR count). The molecule has 0 saturated heterocycles. The molecular weight excluding hydrogens is 162 g/mol. The summed E-state index contributed by atoms with van der Waals surface area (Å²) in [6, 6.07) is 1.25. The molecule has 0 aromatic carbocycles. The number of rotatable bonds is 1. The Bertz CT molecular complexity index is 290. The van der Waals surface area contributed by atoms with E-state index in [0.29, 0.717) is 12.1 Å². The third-order valence-electron chi connectivity index (χ3n) is 2.83. The van der Waals surface area contributed by atoms with Crippen molar-refractivity contribution in [2.24, 2.45) is 0 Å². The molecule has 1 aliphatic heterocycles. The van der Waals surface area contributed by atoms with Crippen LogP contribution in [0, 0.1) is 0 Å². The predicted octanol–water partition coefficient (Wildman–Crippen LogP) is 1.50. The first kappa shape index (κ1) is 8.75. The summed E-state index contributed by atoms with van der Waals surface area (Å²) in [6.45, 7) is 8.90. The summed E-state index contributed by atoms with van der Waals surface area (Å²) in [5, 5.41) is 0. The molecule has 1 aliphatic rings. The monoisotopic (exact) mass is 179 g/mol. The Morgan fingerprint density at radius 1 is 1.54 bits per heavy atom. The fraction of sp³-hybridized carbons (Fsp3) is 0.700. The Morgan fingerprint density at radius 2 is 2.31 bits per heavy atom. The Balaban J connectivity index is 2.22. The van der Waals surface area contributed by atoms with Gasteiger partial charge >= 0.3 is 0 Å². The number of aromatic nitrogens is 2. The van der Waals surface area contributed by atoms with Crippen LogP contribution >= 0.6 is 0 Å².